The first kappa shape index (κ1) is 20.6. The van der Waals surface area contributed by atoms with E-state index in [-0.39, 0.29) is 5.78 Å². The molecule has 2 amide bonds. The number of urea groups is 1. The second kappa shape index (κ2) is 8.89. The van der Waals surface area contributed by atoms with Crippen LogP contribution in [0.3, 0.4) is 0 Å². The van der Waals surface area contributed by atoms with Gasteiger partial charge in [0.1, 0.15) is 18.0 Å². The van der Waals surface area contributed by atoms with Gasteiger partial charge in [-0.05, 0) is 43.3 Å². The highest BCUT2D eigenvalue weighted by Gasteiger charge is 2.16. The van der Waals surface area contributed by atoms with Gasteiger partial charge in [-0.2, -0.15) is 0 Å². The van der Waals surface area contributed by atoms with E-state index in [2.05, 4.69) is 20.6 Å². The van der Waals surface area contributed by atoms with E-state index in [1.54, 1.807) is 55.6 Å². The predicted octanol–water partition coefficient (Wildman–Crippen LogP) is 5.40. The number of nitrogens with zero attached hydrogens (tertiary/aromatic N) is 3. The lowest BCUT2D eigenvalue weighted by Gasteiger charge is -2.18. The molecule has 0 saturated heterocycles. The lowest BCUT2D eigenvalue weighted by atomic mass is 10.1. The maximum absolute atomic E-state index is 12.6. The molecule has 0 aliphatic rings. The number of Topliss-reactive ketones (excluding diaryl/α,β-unsaturated/α-hetero) is 1. The molecule has 0 aliphatic carbocycles. The Hall–Kier alpha value is -3.16. The summed E-state index contributed by atoms with van der Waals surface area (Å²) in [6, 6.07) is 13.1. The Bertz CT molecular complexity index is 1040. The topological polar surface area (TPSA) is 87.2 Å². The van der Waals surface area contributed by atoms with Gasteiger partial charge in [0.2, 0.25) is 0 Å². The SMILES string of the molecule is CC(=O)c1ccc(Nc2cc(N(C)C(=O)Nc3c(Cl)cccc3Cl)ncn2)cc1. The third kappa shape index (κ3) is 5.01. The largest absolute Gasteiger partial charge is 0.340 e. The number of halogens is 2. The van der Waals surface area contributed by atoms with E-state index >= 15 is 0 Å². The molecule has 2 N–H and O–H groups in total. The van der Waals surface area contributed by atoms with Crippen LogP contribution in [0.1, 0.15) is 17.3 Å². The van der Waals surface area contributed by atoms with E-state index in [4.69, 9.17) is 23.2 Å². The number of carbonyl (C=O) groups excluding carboxylic acids is 2. The molecule has 0 unspecified atom stereocenters. The number of amides is 2. The van der Waals surface area contributed by atoms with E-state index in [1.807, 2.05) is 0 Å². The van der Waals surface area contributed by atoms with Gasteiger partial charge in [0.05, 0.1) is 15.7 Å². The van der Waals surface area contributed by atoms with Crippen molar-refractivity contribution in [3.8, 4) is 0 Å². The first-order chi connectivity index (χ1) is 13.8. The number of hydrogen-bond donors (Lipinski definition) is 2. The van der Waals surface area contributed by atoms with Crippen molar-refractivity contribution < 1.29 is 9.59 Å². The van der Waals surface area contributed by atoms with Crippen LogP contribution in [-0.2, 0) is 0 Å². The molecular weight excluding hydrogens is 413 g/mol. The van der Waals surface area contributed by atoms with E-state index in [1.165, 1.54) is 18.2 Å². The highest BCUT2D eigenvalue weighted by molar-refractivity contribution is 6.39. The summed E-state index contributed by atoms with van der Waals surface area (Å²) in [5, 5.41) is 6.45. The first-order valence-corrected chi connectivity index (χ1v) is 9.29. The minimum atomic E-state index is -0.463. The zero-order valence-corrected chi connectivity index (χ0v) is 17.1. The second-order valence-corrected chi connectivity index (χ2v) is 6.92. The fourth-order valence-electron chi connectivity index (χ4n) is 2.45. The Labute approximate surface area is 177 Å². The Balaban J connectivity index is 1.74. The van der Waals surface area contributed by atoms with Crippen LogP contribution in [0.5, 0.6) is 0 Å². The molecule has 9 heteroatoms. The molecule has 3 aromatic rings. The van der Waals surface area contributed by atoms with Crippen molar-refractivity contribution in [2.75, 3.05) is 22.6 Å². The highest BCUT2D eigenvalue weighted by atomic mass is 35.5. The standard InChI is InChI=1S/C20H17Cl2N5O2/c1-12(28)13-6-8-14(9-7-13)25-17-10-18(24-11-23-17)27(2)20(29)26-19-15(21)4-3-5-16(19)22/h3-11H,1-2H3,(H,26,29)(H,23,24,25). The van der Waals surface area contributed by atoms with Crippen molar-refractivity contribution in [3.63, 3.8) is 0 Å². The van der Waals surface area contributed by atoms with Gasteiger partial charge in [0, 0.05) is 24.4 Å². The predicted molar refractivity (Wildman–Crippen MR) is 116 cm³/mol. The van der Waals surface area contributed by atoms with E-state index in [0.717, 1.165) is 5.69 Å². The average Bonchev–Trinajstić information content (AvgIpc) is 2.70. The van der Waals surface area contributed by atoms with Crippen molar-refractivity contribution in [2.24, 2.45) is 0 Å². The summed E-state index contributed by atoms with van der Waals surface area (Å²) in [7, 11) is 1.56. The summed E-state index contributed by atoms with van der Waals surface area (Å²) < 4.78 is 0. The van der Waals surface area contributed by atoms with Crippen LogP contribution in [0, 0.1) is 0 Å². The van der Waals surface area contributed by atoms with Crippen molar-refractivity contribution in [1.82, 2.24) is 9.97 Å². The van der Waals surface area contributed by atoms with Gasteiger partial charge in [0.25, 0.3) is 0 Å². The van der Waals surface area contributed by atoms with Gasteiger partial charge in [-0.15, -0.1) is 0 Å². The number of para-hydroxylation sites is 1. The quantitative estimate of drug-likeness (QED) is 0.530. The highest BCUT2D eigenvalue weighted by Crippen LogP contribution is 2.30. The van der Waals surface area contributed by atoms with Crippen LogP contribution in [0.4, 0.5) is 27.8 Å². The molecule has 0 spiro atoms. The zero-order chi connectivity index (χ0) is 21.0. The van der Waals surface area contributed by atoms with Crippen LogP contribution in [0.25, 0.3) is 0 Å². The van der Waals surface area contributed by atoms with Gasteiger partial charge < -0.3 is 10.6 Å². The maximum Gasteiger partial charge on any atom is 0.327 e. The maximum atomic E-state index is 12.6. The minimum absolute atomic E-state index is 0.00728. The number of carbonyl (C=O) groups is 2. The van der Waals surface area contributed by atoms with E-state index in [9.17, 15) is 9.59 Å². The molecule has 1 heterocycles. The molecule has 3 rings (SSSR count). The van der Waals surface area contributed by atoms with Gasteiger partial charge in [-0.3, -0.25) is 9.69 Å². The van der Waals surface area contributed by atoms with E-state index in [0.29, 0.717) is 32.9 Å². The summed E-state index contributed by atoms with van der Waals surface area (Å²) >= 11 is 12.2. The van der Waals surface area contributed by atoms with Crippen LogP contribution in [-0.4, -0.2) is 28.8 Å². The summed E-state index contributed by atoms with van der Waals surface area (Å²) in [6.07, 6.45) is 1.34. The monoisotopic (exact) mass is 429 g/mol. The molecule has 0 aliphatic heterocycles. The lowest BCUT2D eigenvalue weighted by molar-refractivity contribution is 0.101. The first-order valence-electron chi connectivity index (χ1n) is 8.54. The normalized spacial score (nSPS) is 10.3. The van der Waals surface area contributed by atoms with Crippen LogP contribution < -0.4 is 15.5 Å². The number of hydrogen-bond acceptors (Lipinski definition) is 5. The molecule has 2 aromatic carbocycles. The molecule has 0 saturated carbocycles. The average molecular weight is 430 g/mol. The van der Waals surface area contributed by atoms with Crippen molar-refractivity contribution in [2.45, 2.75) is 6.92 Å². The number of nitrogens with one attached hydrogen (secondary N) is 2. The van der Waals surface area contributed by atoms with E-state index < -0.39 is 6.03 Å². The van der Waals surface area contributed by atoms with Crippen LogP contribution in [0.15, 0.2) is 54.9 Å². The Morgan fingerprint density at radius 3 is 2.28 bits per heavy atom. The van der Waals surface area contributed by atoms with Gasteiger partial charge in [-0.1, -0.05) is 29.3 Å². The minimum Gasteiger partial charge on any atom is -0.340 e. The number of ketones is 1. The smallest absolute Gasteiger partial charge is 0.327 e. The summed E-state index contributed by atoms with van der Waals surface area (Å²) in [5.41, 5.74) is 1.69. The fraction of sp³-hybridized carbons (Fsp3) is 0.100. The van der Waals surface area contributed by atoms with Gasteiger partial charge in [0.15, 0.2) is 5.78 Å². The Kier molecular flexibility index (Phi) is 6.31. The lowest BCUT2D eigenvalue weighted by Crippen LogP contribution is -2.32. The molecular formula is C20H17Cl2N5O2. The molecule has 0 bridgehead atoms. The molecule has 0 fully saturated rings. The van der Waals surface area contributed by atoms with Crippen molar-refractivity contribution >= 4 is 58.0 Å². The Morgan fingerprint density at radius 2 is 1.66 bits per heavy atom. The number of benzene rings is 2. The molecule has 148 valence electrons. The zero-order valence-electron chi connectivity index (χ0n) is 15.6. The molecule has 29 heavy (non-hydrogen) atoms. The fourth-order valence-corrected chi connectivity index (χ4v) is 2.94. The molecule has 1 aromatic heterocycles. The van der Waals surface area contributed by atoms with Crippen molar-refractivity contribution in [3.05, 3.63) is 70.5 Å². The third-order valence-electron chi connectivity index (χ3n) is 4.06. The number of aromatic nitrogens is 2. The van der Waals surface area contributed by atoms with Gasteiger partial charge in [-0.25, -0.2) is 14.8 Å². The third-order valence-corrected chi connectivity index (χ3v) is 4.69. The number of rotatable bonds is 5. The second-order valence-electron chi connectivity index (χ2n) is 6.11. The molecule has 0 atom stereocenters. The molecule has 0 radical (unpaired) electrons. The van der Waals surface area contributed by atoms with Gasteiger partial charge >= 0.3 is 6.03 Å². The molecule has 7 nitrogen and oxygen atoms in total. The summed E-state index contributed by atoms with van der Waals surface area (Å²) in [6.45, 7) is 1.51. The summed E-state index contributed by atoms with van der Waals surface area (Å²) in [5.74, 6) is 0.844. The van der Waals surface area contributed by atoms with Crippen LogP contribution in [0.2, 0.25) is 10.0 Å². The van der Waals surface area contributed by atoms with Crippen LogP contribution >= 0.6 is 23.2 Å². The summed E-state index contributed by atoms with van der Waals surface area (Å²) in [4.78, 5) is 33.5. The van der Waals surface area contributed by atoms with Crippen molar-refractivity contribution in [1.29, 1.82) is 0 Å². The number of anilines is 4. The Morgan fingerprint density at radius 1 is 1.00 bits per heavy atom.